The Bertz CT molecular complexity index is 546. The molecule has 0 unspecified atom stereocenters. The van der Waals surface area contributed by atoms with Crippen molar-refractivity contribution in [2.24, 2.45) is 0 Å². The zero-order chi connectivity index (χ0) is 11.8. The van der Waals surface area contributed by atoms with Crippen LogP contribution in [0, 0.1) is 6.92 Å². The first kappa shape index (κ1) is 11.1. The predicted octanol–water partition coefficient (Wildman–Crippen LogP) is 4.35. The summed E-state index contributed by atoms with van der Waals surface area (Å²) in [5.41, 5.74) is 2.13. The molecule has 1 heterocycles. The van der Waals surface area contributed by atoms with Gasteiger partial charge in [-0.2, -0.15) is 0 Å². The van der Waals surface area contributed by atoms with E-state index >= 15 is 0 Å². The van der Waals surface area contributed by atoms with Gasteiger partial charge in [-0.1, -0.05) is 23.7 Å². The van der Waals surface area contributed by atoms with Crippen LogP contribution in [-0.4, -0.2) is 11.0 Å². The summed E-state index contributed by atoms with van der Waals surface area (Å²) in [6.07, 6.45) is 2.54. The minimum absolute atomic E-state index is 0.646. The average Bonchev–Trinajstić information content (AvgIpc) is 3.01. The maximum atomic E-state index is 6.01. The van der Waals surface area contributed by atoms with Gasteiger partial charge in [0, 0.05) is 21.5 Å². The third kappa shape index (κ3) is 2.45. The third-order valence-electron chi connectivity index (χ3n) is 2.80. The van der Waals surface area contributed by atoms with Crippen LogP contribution in [0.15, 0.2) is 24.3 Å². The fraction of sp³-hybridized carbons (Fsp3) is 0.308. The standard InChI is InChI=1S/C13H13ClN2S/c1-8-12(9-3-2-4-10(14)7-9)16-13(17-8)15-11-5-6-11/h2-4,7,11H,5-6H2,1H3,(H,15,16). The van der Waals surface area contributed by atoms with Crippen molar-refractivity contribution in [3.8, 4) is 11.3 Å². The first-order valence-corrected chi connectivity index (χ1v) is 6.92. The normalized spacial score (nSPS) is 14.9. The Balaban J connectivity index is 1.93. The molecule has 4 heteroatoms. The van der Waals surface area contributed by atoms with Crippen LogP contribution >= 0.6 is 22.9 Å². The van der Waals surface area contributed by atoms with Gasteiger partial charge in [0.15, 0.2) is 5.13 Å². The number of benzene rings is 1. The van der Waals surface area contributed by atoms with E-state index in [1.165, 1.54) is 17.7 Å². The van der Waals surface area contributed by atoms with Crippen molar-refractivity contribution in [1.82, 2.24) is 4.98 Å². The molecule has 1 saturated carbocycles. The molecule has 1 aliphatic carbocycles. The number of hydrogen-bond acceptors (Lipinski definition) is 3. The predicted molar refractivity (Wildman–Crippen MR) is 73.9 cm³/mol. The highest BCUT2D eigenvalue weighted by Gasteiger charge is 2.22. The van der Waals surface area contributed by atoms with E-state index in [0.717, 1.165) is 21.4 Å². The van der Waals surface area contributed by atoms with Crippen molar-refractivity contribution >= 4 is 28.1 Å². The number of aromatic nitrogens is 1. The van der Waals surface area contributed by atoms with Crippen LogP contribution in [-0.2, 0) is 0 Å². The molecular weight excluding hydrogens is 252 g/mol. The van der Waals surface area contributed by atoms with Crippen molar-refractivity contribution in [1.29, 1.82) is 0 Å². The van der Waals surface area contributed by atoms with Crippen LogP contribution in [0.5, 0.6) is 0 Å². The molecule has 1 aromatic carbocycles. The number of thiazole rings is 1. The molecule has 1 aromatic heterocycles. The molecule has 0 bridgehead atoms. The highest BCUT2D eigenvalue weighted by Crippen LogP contribution is 2.34. The lowest BCUT2D eigenvalue weighted by atomic mass is 10.1. The lowest BCUT2D eigenvalue weighted by Crippen LogP contribution is -1.99. The molecule has 1 fully saturated rings. The van der Waals surface area contributed by atoms with Crippen LogP contribution in [0.4, 0.5) is 5.13 Å². The molecule has 0 spiro atoms. The maximum absolute atomic E-state index is 6.01. The number of hydrogen-bond donors (Lipinski definition) is 1. The summed E-state index contributed by atoms with van der Waals surface area (Å²) in [5.74, 6) is 0. The summed E-state index contributed by atoms with van der Waals surface area (Å²) in [6.45, 7) is 2.10. The van der Waals surface area contributed by atoms with E-state index in [4.69, 9.17) is 11.6 Å². The second-order valence-corrected chi connectivity index (χ2v) is 5.99. The Hall–Kier alpha value is -1.06. The van der Waals surface area contributed by atoms with Gasteiger partial charge < -0.3 is 5.32 Å². The van der Waals surface area contributed by atoms with E-state index in [9.17, 15) is 0 Å². The van der Waals surface area contributed by atoms with Gasteiger partial charge in [-0.3, -0.25) is 0 Å². The topological polar surface area (TPSA) is 24.9 Å². The number of nitrogens with one attached hydrogen (secondary N) is 1. The van der Waals surface area contributed by atoms with Crippen LogP contribution in [0.1, 0.15) is 17.7 Å². The Labute approximate surface area is 110 Å². The summed E-state index contributed by atoms with van der Waals surface area (Å²) in [6, 6.07) is 8.51. The molecule has 2 aromatic rings. The highest BCUT2D eigenvalue weighted by atomic mass is 35.5. The van der Waals surface area contributed by atoms with Crippen LogP contribution in [0.2, 0.25) is 5.02 Å². The van der Waals surface area contributed by atoms with E-state index in [1.807, 2.05) is 18.2 Å². The lowest BCUT2D eigenvalue weighted by molar-refractivity contribution is 1.14. The molecule has 2 nitrogen and oxygen atoms in total. The first-order valence-electron chi connectivity index (χ1n) is 5.72. The van der Waals surface area contributed by atoms with Gasteiger partial charge in [-0.25, -0.2) is 4.98 Å². The molecular formula is C13H13ClN2S. The van der Waals surface area contributed by atoms with E-state index in [2.05, 4.69) is 23.3 Å². The quantitative estimate of drug-likeness (QED) is 0.892. The van der Waals surface area contributed by atoms with Crippen molar-refractivity contribution in [2.45, 2.75) is 25.8 Å². The lowest BCUT2D eigenvalue weighted by Gasteiger charge is -1.99. The van der Waals surface area contributed by atoms with Crippen molar-refractivity contribution in [3.05, 3.63) is 34.2 Å². The smallest absolute Gasteiger partial charge is 0.183 e. The summed E-state index contributed by atoms with van der Waals surface area (Å²) in [5, 5.41) is 5.22. The average molecular weight is 265 g/mol. The second-order valence-electron chi connectivity index (χ2n) is 4.35. The number of aryl methyl sites for hydroxylation is 1. The largest absolute Gasteiger partial charge is 0.359 e. The number of rotatable bonds is 3. The summed E-state index contributed by atoms with van der Waals surface area (Å²) < 4.78 is 0. The van der Waals surface area contributed by atoms with E-state index in [-0.39, 0.29) is 0 Å². The molecule has 0 atom stereocenters. The Morgan fingerprint density at radius 2 is 2.24 bits per heavy atom. The number of halogens is 1. The molecule has 0 saturated heterocycles. The van der Waals surface area contributed by atoms with Crippen molar-refractivity contribution in [2.75, 3.05) is 5.32 Å². The summed E-state index contributed by atoms with van der Waals surface area (Å²) in [4.78, 5) is 5.88. The summed E-state index contributed by atoms with van der Waals surface area (Å²) in [7, 11) is 0. The fourth-order valence-electron chi connectivity index (χ4n) is 1.76. The van der Waals surface area contributed by atoms with Crippen LogP contribution in [0.3, 0.4) is 0 Å². The minimum Gasteiger partial charge on any atom is -0.359 e. The van der Waals surface area contributed by atoms with Gasteiger partial charge in [0.25, 0.3) is 0 Å². The van der Waals surface area contributed by atoms with Gasteiger partial charge in [-0.15, -0.1) is 11.3 Å². The second kappa shape index (κ2) is 4.31. The molecule has 0 amide bonds. The van der Waals surface area contributed by atoms with E-state index in [0.29, 0.717) is 6.04 Å². The molecule has 0 radical (unpaired) electrons. The van der Waals surface area contributed by atoms with Crippen molar-refractivity contribution < 1.29 is 0 Å². The minimum atomic E-state index is 0.646. The third-order valence-corrected chi connectivity index (χ3v) is 3.94. The van der Waals surface area contributed by atoms with Crippen LogP contribution in [0.25, 0.3) is 11.3 Å². The molecule has 3 rings (SSSR count). The van der Waals surface area contributed by atoms with Gasteiger partial charge >= 0.3 is 0 Å². The molecule has 1 aliphatic rings. The van der Waals surface area contributed by atoms with Crippen LogP contribution < -0.4 is 5.32 Å². The zero-order valence-corrected chi connectivity index (χ0v) is 11.1. The van der Waals surface area contributed by atoms with Gasteiger partial charge in [0.2, 0.25) is 0 Å². The fourth-order valence-corrected chi connectivity index (χ4v) is 2.87. The molecule has 0 aliphatic heterocycles. The van der Waals surface area contributed by atoms with E-state index in [1.54, 1.807) is 11.3 Å². The Kier molecular flexibility index (Phi) is 2.81. The Morgan fingerprint density at radius 1 is 1.41 bits per heavy atom. The SMILES string of the molecule is Cc1sc(NC2CC2)nc1-c1cccc(Cl)c1. The zero-order valence-electron chi connectivity index (χ0n) is 9.53. The van der Waals surface area contributed by atoms with Gasteiger partial charge in [-0.05, 0) is 31.9 Å². The van der Waals surface area contributed by atoms with Crippen molar-refractivity contribution in [3.63, 3.8) is 0 Å². The highest BCUT2D eigenvalue weighted by molar-refractivity contribution is 7.16. The first-order chi connectivity index (χ1) is 8.22. The van der Waals surface area contributed by atoms with E-state index < -0.39 is 0 Å². The Morgan fingerprint density at radius 3 is 2.94 bits per heavy atom. The van der Waals surface area contributed by atoms with Gasteiger partial charge in [0.05, 0.1) is 5.69 Å². The molecule has 1 N–H and O–H groups in total. The number of nitrogens with zero attached hydrogens (tertiary/aromatic N) is 1. The van der Waals surface area contributed by atoms with Gasteiger partial charge in [0.1, 0.15) is 0 Å². The maximum Gasteiger partial charge on any atom is 0.183 e. The summed E-state index contributed by atoms with van der Waals surface area (Å²) >= 11 is 7.73. The molecule has 88 valence electrons. The number of anilines is 1. The monoisotopic (exact) mass is 264 g/mol. The molecule has 17 heavy (non-hydrogen) atoms.